The van der Waals surface area contributed by atoms with Gasteiger partial charge in [-0.1, -0.05) is 12.2 Å². The molecular formula is C20H25N4NaO4S2. The van der Waals surface area contributed by atoms with Crippen LogP contribution in [0.4, 0.5) is 5.13 Å². The number of carboxylic acids is 1. The molecule has 2 saturated heterocycles. The molecular weight excluding hydrogens is 447 g/mol. The van der Waals surface area contributed by atoms with Crippen LogP contribution >= 0.6 is 23.1 Å². The van der Waals surface area contributed by atoms with Crippen LogP contribution in [0.3, 0.4) is 0 Å². The molecule has 1 aromatic rings. The molecule has 0 spiro atoms. The Hall–Kier alpha value is -1.07. The second-order valence-corrected chi connectivity index (χ2v) is 11.3. The quantitative estimate of drug-likeness (QED) is 0.275. The van der Waals surface area contributed by atoms with Gasteiger partial charge in [-0.25, -0.2) is 4.98 Å². The molecule has 5 atom stereocenters. The van der Waals surface area contributed by atoms with Gasteiger partial charge in [0, 0.05) is 10.1 Å². The van der Waals surface area contributed by atoms with Crippen molar-refractivity contribution in [3.05, 3.63) is 23.2 Å². The summed E-state index contributed by atoms with van der Waals surface area (Å²) >= 11 is 2.67. The Morgan fingerprint density at radius 2 is 2.16 bits per heavy atom. The number of thioether (sulfide) groups is 1. The normalized spacial score (nSPS) is 29.5. The van der Waals surface area contributed by atoms with E-state index < -0.39 is 34.1 Å². The summed E-state index contributed by atoms with van der Waals surface area (Å²) in [5.74, 6) is -2.03. The second kappa shape index (κ2) is 9.43. The summed E-state index contributed by atoms with van der Waals surface area (Å²) < 4.78 is -0.685. The number of hydrogen-bond donors (Lipinski definition) is 2. The third-order valence-corrected chi connectivity index (χ3v) is 8.39. The number of allylic oxidation sites excluding steroid dienone is 2. The van der Waals surface area contributed by atoms with Crippen molar-refractivity contribution >= 4 is 46.0 Å². The zero-order valence-electron chi connectivity index (χ0n) is 17.9. The Balaban J connectivity index is 0.00000272. The van der Waals surface area contributed by atoms with Crippen molar-refractivity contribution in [1.29, 1.82) is 0 Å². The second-order valence-electron chi connectivity index (χ2n) is 8.61. The standard InChI is InChI=1S/C20H26N4O4S2.Na/c1-20(2)14(18(27)28)24-16(26)13(17(24)30-20)23-15(25)11(12-9-29-19(21)22-12)8-10-6-4-3-5-7-10;/h3-4,9-11,13-14,17H,5-8H2,1-2H3,(H2,21,22)(H,23,25)(H,27,28);/q;+1/p-1/t10?,11?,13-,14+,17-;/m1./s1. The molecule has 1 aliphatic carbocycles. The van der Waals surface area contributed by atoms with Gasteiger partial charge in [0.25, 0.3) is 0 Å². The molecule has 2 amide bonds. The average molecular weight is 473 g/mol. The van der Waals surface area contributed by atoms with Crippen LogP contribution in [-0.4, -0.2) is 49.9 Å². The summed E-state index contributed by atoms with van der Waals surface area (Å²) in [6.07, 6.45) is 7.85. The molecule has 0 saturated carbocycles. The van der Waals surface area contributed by atoms with E-state index in [-0.39, 0.29) is 41.4 Å². The zero-order chi connectivity index (χ0) is 21.6. The van der Waals surface area contributed by atoms with E-state index in [4.69, 9.17) is 5.73 Å². The predicted octanol–water partition coefficient (Wildman–Crippen LogP) is -2.14. The Morgan fingerprint density at radius 3 is 2.74 bits per heavy atom. The first-order chi connectivity index (χ1) is 14.2. The number of nitrogens with zero attached hydrogens (tertiary/aromatic N) is 2. The molecule has 1 aromatic heterocycles. The Kier molecular flexibility index (Phi) is 7.47. The van der Waals surface area contributed by atoms with E-state index in [1.807, 2.05) is 0 Å². The van der Waals surface area contributed by atoms with Crippen molar-refractivity contribution in [2.45, 2.75) is 67.7 Å². The third-order valence-electron chi connectivity index (χ3n) is 6.12. The van der Waals surface area contributed by atoms with Gasteiger partial charge in [-0.2, -0.15) is 0 Å². The first kappa shape index (κ1) is 24.6. The molecule has 0 aromatic carbocycles. The zero-order valence-corrected chi connectivity index (χ0v) is 21.5. The fraction of sp³-hybridized carbons (Fsp3) is 0.600. The van der Waals surface area contributed by atoms with Crippen molar-refractivity contribution in [3.63, 3.8) is 0 Å². The largest absolute Gasteiger partial charge is 1.00 e. The number of amides is 2. The van der Waals surface area contributed by atoms with E-state index in [2.05, 4.69) is 22.5 Å². The molecule has 162 valence electrons. The molecule has 0 radical (unpaired) electrons. The van der Waals surface area contributed by atoms with E-state index in [0.29, 0.717) is 23.2 Å². The van der Waals surface area contributed by atoms with E-state index in [1.54, 1.807) is 19.2 Å². The molecule has 3 heterocycles. The minimum absolute atomic E-state index is 0. The number of rotatable bonds is 6. The summed E-state index contributed by atoms with van der Waals surface area (Å²) in [6, 6.07) is -1.74. The van der Waals surface area contributed by atoms with E-state index in [1.165, 1.54) is 28.0 Å². The number of carbonyl (C=O) groups is 3. The van der Waals surface area contributed by atoms with Crippen LogP contribution in [0.5, 0.6) is 0 Å². The first-order valence-electron chi connectivity index (χ1n) is 10.1. The van der Waals surface area contributed by atoms with Gasteiger partial charge in [-0.3, -0.25) is 9.59 Å². The number of carboxylic acid groups (broad SMARTS) is 1. The van der Waals surface area contributed by atoms with Gasteiger partial charge in [0.1, 0.15) is 11.4 Å². The number of nitrogen functional groups attached to an aromatic ring is 1. The number of fused-ring (bicyclic) bond motifs is 1. The number of nitrogens with two attached hydrogens (primary N) is 1. The number of thiazole rings is 1. The SMILES string of the molecule is CC1(C)S[C@@H]2[C@H](NC(=O)C(CC3CC=CCC3)c3csc(N)n3)C(=O)N2[C@H]1C(=O)[O-].[Na+]. The van der Waals surface area contributed by atoms with Gasteiger partial charge in [-0.05, 0) is 45.4 Å². The maximum atomic E-state index is 13.2. The van der Waals surface area contributed by atoms with Gasteiger partial charge in [0.05, 0.1) is 23.6 Å². The van der Waals surface area contributed by atoms with Crippen LogP contribution in [0, 0.1) is 5.92 Å². The van der Waals surface area contributed by atoms with Crippen LogP contribution in [0.2, 0.25) is 0 Å². The molecule has 11 heteroatoms. The smallest absolute Gasteiger partial charge is 0.548 e. The van der Waals surface area contributed by atoms with Crippen molar-refractivity contribution in [2.24, 2.45) is 5.92 Å². The number of aromatic nitrogens is 1. The number of nitrogens with one attached hydrogen (secondary N) is 1. The summed E-state index contributed by atoms with van der Waals surface area (Å²) in [4.78, 5) is 43.1. The summed E-state index contributed by atoms with van der Waals surface area (Å²) in [7, 11) is 0. The fourth-order valence-corrected chi connectivity index (χ4v) is 6.84. The molecule has 2 aliphatic heterocycles. The molecule has 2 unspecified atom stereocenters. The minimum Gasteiger partial charge on any atom is -0.548 e. The Morgan fingerprint density at radius 1 is 1.42 bits per heavy atom. The minimum atomic E-state index is -1.27. The van der Waals surface area contributed by atoms with Crippen LogP contribution in [0.1, 0.15) is 51.1 Å². The maximum absolute atomic E-state index is 13.2. The topological polar surface area (TPSA) is 128 Å². The molecule has 31 heavy (non-hydrogen) atoms. The number of anilines is 1. The molecule has 2 fully saturated rings. The third kappa shape index (κ3) is 4.68. The van der Waals surface area contributed by atoms with Crippen molar-refractivity contribution in [3.8, 4) is 0 Å². The van der Waals surface area contributed by atoms with Crippen molar-refractivity contribution in [1.82, 2.24) is 15.2 Å². The monoisotopic (exact) mass is 472 g/mol. The van der Waals surface area contributed by atoms with E-state index >= 15 is 0 Å². The van der Waals surface area contributed by atoms with Crippen LogP contribution in [-0.2, 0) is 14.4 Å². The van der Waals surface area contributed by atoms with Crippen molar-refractivity contribution < 1.29 is 49.0 Å². The fourth-order valence-electron chi connectivity index (χ4n) is 4.61. The van der Waals surface area contributed by atoms with Crippen LogP contribution < -0.4 is 45.7 Å². The average Bonchev–Trinajstić information content (AvgIpc) is 3.23. The Bertz CT molecular complexity index is 905. The van der Waals surface area contributed by atoms with E-state index in [0.717, 1.165) is 19.3 Å². The van der Waals surface area contributed by atoms with Gasteiger partial charge >= 0.3 is 29.6 Å². The molecule has 8 nitrogen and oxygen atoms in total. The van der Waals surface area contributed by atoms with Crippen molar-refractivity contribution in [2.75, 3.05) is 5.73 Å². The Labute approximate surface area is 211 Å². The van der Waals surface area contributed by atoms with Crippen LogP contribution in [0.25, 0.3) is 0 Å². The van der Waals surface area contributed by atoms with Gasteiger partial charge in [0.15, 0.2) is 5.13 Å². The summed E-state index contributed by atoms with van der Waals surface area (Å²) in [6.45, 7) is 3.56. The molecule has 4 rings (SSSR count). The number of carbonyl (C=O) groups excluding carboxylic acids is 3. The molecule has 3 aliphatic rings. The predicted molar refractivity (Wildman–Crippen MR) is 113 cm³/mol. The number of hydrogen-bond acceptors (Lipinski definition) is 8. The number of aliphatic carboxylic acids is 1. The van der Waals surface area contributed by atoms with Gasteiger partial charge in [-0.15, -0.1) is 23.1 Å². The molecule has 3 N–H and O–H groups in total. The van der Waals surface area contributed by atoms with Gasteiger partial charge < -0.3 is 25.9 Å². The first-order valence-corrected chi connectivity index (χ1v) is 11.8. The molecule has 0 bridgehead atoms. The number of β-lactam (4-membered cyclic amide) rings is 1. The summed E-state index contributed by atoms with van der Waals surface area (Å²) in [5, 5.41) is 16.2. The van der Waals surface area contributed by atoms with E-state index in [9.17, 15) is 19.5 Å². The summed E-state index contributed by atoms with van der Waals surface area (Å²) in [5.41, 5.74) is 6.42. The maximum Gasteiger partial charge on any atom is 1.00 e. The van der Waals surface area contributed by atoms with Gasteiger partial charge in [0.2, 0.25) is 11.8 Å². The van der Waals surface area contributed by atoms with Crippen LogP contribution in [0.15, 0.2) is 17.5 Å².